The van der Waals surface area contributed by atoms with Gasteiger partial charge in [0.2, 0.25) is 17.8 Å². The molecule has 1 aliphatic rings. The molecular formula is C25H34N8O2. The van der Waals surface area contributed by atoms with Gasteiger partial charge in [-0.2, -0.15) is 4.98 Å². The van der Waals surface area contributed by atoms with Crippen LogP contribution in [0.1, 0.15) is 53.0 Å². The van der Waals surface area contributed by atoms with Crippen LogP contribution in [0.15, 0.2) is 30.6 Å². The lowest BCUT2D eigenvalue weighted by Gasteiger charge is -2.32. The molecule has 1 unspecified atom stereocenters. The largest absolute Gasteiger partial charge is 0.352 e. The van der Waals surface area contributed by atoms with Crippen molar-refractivity contribution in [2.24, 2.45) is 0 Å². The zero-order valence-electron chi connectivity index (χ0n) is 21.3. The number of rotatable bonds is 9. The molecule has 35 heavy (non-hydrogen) atoms. The maximum absolute atomic E-state index is 12.3. The Morgan fingerprint density at radius 1 is 1.29 bits per heavy atom. The zero-order chi connectivity index (χ0) is 25.3. The Hall–Kier alpha value is -3.69. The Morgan fingerprint density at radius 2 is 2.06 bits per heavy atom. The van der Waals surface area contributed by atoms with Crippen LogP contribution in [0, 0.1) is 0 Å². The number of hydrogen-bond acceptors (Lipinski definition) is 7. The predicted octanol–water partition coefficient (Wildman–Crippen LogP) is 3.57. The van der Waals surface area contributed by atoms with E-state index in [2.05, 4.69) is 39.5 Å². The average Bonchev–Trinajstić information content (AvgIpc) is 3.33. The minimum atomic E-state index is -0.550. The maximum atomic E-state index is 12.3. The van der Waals surface area contributed by atoms with Crippen LogP contribution in [0.5, 0.6) is 0 Å². The summed E-state index contributed by atoms with van der Waals surface area (Å²) >= 11 is 0. The van der Waals surface area contributed by atoms with Gasteiger partial charge in [-0.15, -0.1) is 5.10 Å². The molecule has 0 spiro atoms. The molecule has 0 aliphatic carbocycles. The molecule has 1 aliphatic heterocycles. The quantitative estimate of drug-likeness (QED) is 0.484. The van der Waals surface area contributed by atoms with Gasteiger partial charge in [0.25, 0.3) is 0 Å². The van der Waals surface area contributed by atoms with Crippen LogP contribution in [0.2, 0.25) is 0 Å². The molecule has 0 bridgehead atoms. The van der Waals surface area contributed by atoms with Crippen LogP contribution >= 0.6 is 0 Å². The second-order valence-electron chi connectivity index (χ2n) is 9.53. The summed E-state index contributed by atoms with van der Waals surface area (Å²) in [5, 5.41) is 10.8. The summed E-state index contributed by atoms with van der Waals surface area (Å²) in [6.07, 6.45) is 5.36. The summed E-state index contributed by atoms with van der Waals surface area (Å²) in [5.74, 6) is 1.19. The molecule has 186 valence electrons. The number of nitrogens with one attached hydrogen (secondary N) is 2. The highest BCUT2D eigenvalue weighted by Crippen LogP contribution is 2.39. The normalized spacial score (nSPS) is 15.0. The molecule has 4 rings (SSSR count). The number of carbonyl (C=O) groups is 2. The van der Waals surface area contributed by atoms with E-state index in [-0.39, 0.29) is 17.9 Å². The standard InChI is InChI=1S/C25H34N8O2/c1-7-9-18(31(6)16(3)34)15-32(8-2)21-22-29-24(30-33(22)13-12-26-21)27-17-10-11-19-20(14-17)28-23(35)25(19,4)5/h10-14,18H,7-9,15H2,1-6H3,(H,27,30)(H,28,35). The average molecular weight is 479 g/mol. The van der Waals surface area contributed by atoms with E-state index < -0.39 is 5.41 Å². The Balaban J connectivity index is 1.60. The van der Waals surface area contributed by atoms with E-state index >= 15 is 0 Å². The fourth-order valence-electron chi connectivity index (χ4n) is 4.50. The Labute approximate surface area is 205 Å². The third-order valence-electron chi connectivity index (χ3n) is 6.78. The lowest BCUT2D eigenvalue weighted by molar-refractivity contribution is -0.129. The van der Waals surface area contributed by atoms with Crippen LogP contribution in [-0.2, 0) is 15.0 Å². The molecule has 2 aromatic heterocycles. The number of amides is 2. The fourth-order valence-corrected chi connectivity index (χ4v) is 4.50. The van der Waals surface area contributed by atoms with Crippen LogP contribution < -0.4 is 15.5 Å². The number of nitrogens with zero attached hydrogens (tertiary/aromatic N) is 6. The number of carbonyl (C=O) groups excluding carboxylic acids is 2. The molecule has 1 aromatic carbocycles. The molecule has 3 aromatic rings. The second-order valence-corrected chi connectivity index (χ2v) is 9.53. The van der Waals surface area contributed by atoms with Crippen molar-refractivity contribution >= 4 is 40.6 Å². The molecule has 10 heteroatoms. The number of likely N-dealkylation sites (N-methyl/N-ethyl adjacent to an activating group) is 2. The summed E-state index contributed by atoms with van der Waals surface area (Å²) in [7, 11) is 1.85. The van der Waals surface area contributed by atoms with E-state index in [4.69, 9.17) is 4.98 Å². The van der Waals surface area contributed by atoms with Crippen LogP contribution in [-0.4, -0.2) is 62.5 Å². The van der Waals surface area contributed by atoms with Crippen molar-refractivity contribution in [2.75, 3.05) is 35.7 Å². The zero-order valence-corrected chi connectivity index (χ0v) is 21.3. The van der Waals surface area contributed by atoms with E-state index in [1.165, 1.54) is 0 Å². The molecule has 0 radical (unpaired) electrons. The number of hydrogen-bond donors (Lipinski definition) is 2. The van der Waals surface area contributed by atoms with Crippen molar-refractivity contribution in [1.82, 2.24) is 24.5 Å². The molecule has 2 amide bonds. The number of benzene rings is 1. The molecule has 0 fully saturated rings. The van der Waals surface area contributed by atoms with Gasteiger partial charge >= 0.3 is 0 Å². The van der Waals surface area contributed by atoms with Crippen molar-refractivity contribution in [1.29, 1.82) is 0 Å². The lowest BCUT2D eigenvalue weighted by Crippen LogP contribution is -2.44. The minimum Gasteiger partial charge on any atom is -0.352 e. The van der Waals surface area contributed by atoms with Gasteiger partial charge in [-0.1, -0.05) is 19.4 Å². The van der Waals surface area contributed by atoms with Crippen molar-refractivity contribution < 1.29 is 9.59 Å². The van der Waals surface area contributed by atoms with Crippen LogP contribution in [0.3, 0.4) is 0 Å². The van der Waals surface area contributed by atoms with Gasteiger partial charge in [-0.25, -0.2) is 9.50 Å². The molecule has 0 saturated heterocycles. The van der Waals surface area contributed by atoms with Gasteiger partial charge in [0.15, 0.2) is 11.5 Å². The molecule has 1 atom stereocenters. The van der Waals surface area contributed by atoms with Crippen molar-refractivity contribution in [3.8, 4) is 0 Å². The van der Waals surface area contributed by atoms with Crippen LogP contribution in [0.25, 0.3) is 5.65 Å². The topological polar surface area (TPSA) is 108 Å². The smallest absolute Gasteiger partial charge is 0.247 e. The van der Waals surface area contributed by atoms with Crippen molar-refractivity contribution in [3.05, 3.63) is 36.2 Å². The lowest BCUT2D eigenvalue weighted by atomic mass is 9.86. The first kappa shape index (κ1) is 24.4. The monoisotopic (exact) mass is 478 g/mol. The minimum absolute atomic E-state index is 0.0114. The molecule has 2 N–H and O–H groups in total. The maximum Gasteiger partial charge on any atom is 0.247 e. The third-order valence-corrected chi connectivity index (χ3v) is 6.78. The van der Waals surface area contributed by atoms with Gasteiger partial charge in [0.05, 0.1) is 5.41 Å². The Bertz CT molecular complexity index is 1250. The number of aromatic nitrogens is 4. The first-order valence-corrected chi connectivity index (χ1v) is 12.1. The Morgan fingerprint density at radius 3 is 2.74 bits per heavy atom. The van der Waals surface area contributed by atoms with Gasteiger partial charge in [-0.05, 0) is 44.9 Å². The predicted molar refractivity (Wildman–Crippen MR) is 137 cm³/mol. The van der Waals surface area contributed by atoms with Gasteiger partial charge < -0.3 is 20.4 Å². The summed E-state index contributed by atoms with van der Waals surface area (Å²) in [4.78, 5) is 37.6. The highest BCUT2D eigenvalue weighted by Gasteiger charge is 2.38. The molecule has 0 saturated carbocycles. The van der Waals surface area contributed by atoms with E-state index in [1.54, 1.807) is 28.7 Å². The molecular weight excluding hydrogens is 444 g/mol. The number of fused-ring (bicyclic) bond motifs is 2. The highest BCUT2D eigenvalue weighted by atomic mass is 16.2. The summed E-state index contributed by atoms with van der Waals surface area (Å²) in [6, 6.07) is 5.86. The van der Waals surface area contributed by atoms with E-state index in [9.17, 15) is 9.59 Å². The van der Waals surface area contributed by atoms with Gasteiger partial charge in [0, 0.05) is 56.9 Å². The van der Waals surface area contributed by atoms with Gasteiger partial charge in [-0.3, -0.25) is 9.59 Å². The van der Waals surface area contributed by atoms with E-state index in [0.717, 1.165) is 35.6 Å². The van der Waals surface area contributed by atoms with Crippen LogP contribution in [0.4, 0.5) is 23.1 Å². The van der Waals surface area contributed by atoms with E-state index in [1.807, 2.05) is 39.1 Å². The third kappa shape index (κ3) is 4.65. The van der Waals surface area contributed by atoms with E-state index in [0.29, 0.717) is 24.7 Å². The Kier molecular flexibility index (Phi) is 6.64. The number of anilines is 4. The highest BCUT2D eigenvalue weighted by molar-refractivity contribution is 6.06. The SMILES string of the molecule is CCCC(CN(CC)c1nccn2nc(Nc3ccc4c(c3)NC(=O)C4(C)C)nc12)N(C)C(C)=O. The van der Waals surface area contributed by atoms with Gasteiger partial charge in [0.1, 0.15) is 0 Å². The van der Waals surface area contributed by atoms with Crippen molar-refractivity contribution in [2.45, 2.75) is 58.9 Å². The molecule has 3 heterocycles. The summed E-state index contributed by atoms with van der Waals surface area (Å²) < 4.78 is 1.70. The second kappa shape index (κ2) is 9.52. The molecule has 10 nitrogen and oxygen atoms in total. The summed E-state index contributed by atoms with van der Waals surface area (Å²) in [5.41, 5.74) is 2.63. The van der Waals surface area contributed by atoms with Crippen molar-refractivity contribution in [3.63, 3.8) is 0 Å². The first-order valence-electron chi connectivity index (χ1n) is 12.1. The fraction of sp³-hybridized carbons (Fsp3) is 0.480. The first-order chi connectivity index (χ1) is 16.6. The summed E-state index contributed by atoms with van der Waals surface area (Å²) in [6.45, 7) is 11.0.